The van der Waals surface area contributed by atoms with Crippen molar-refractivity contribution in [3.63, 3.8) is 0 Å². The molecule has 0 saturated heterocycles. The van der Waals surface area contributed by atoms with Crippen molar-refractivity contribution in [3.8, 4) is 0 Å². The first-order valence-corrected chi connectivity index (χ1v) is 11.5. The van der Waals surface area contributed by atoms with E-state index in [0.717, 1.165) is 11.1 Å². The first kappa shape index (κ1) is 26.0. The van der Waals surface area contributed by atoms with E-state index >= 15 is 0 Å². The number of allylic oxidation sites excluding steroid dienone is 1. The molecule has 0 spiro atoms. The van der Waals surface area contributed by atoms with Crippen LogP contribution in [0.1, 0.15) is 60.5 Å². The Morgan fingerprint density at radius 1 is 0.857 bits per heavy atom. The highest BCUT2D eigenvalue weighted by atomic mass is 16.6. The van der Waals surface area contributed by atoms with Gasteiger partial charge in [-0.15, -0.1) is 6.55 Å². The molecule has 2 aromatic rings. The van der Waals surface area contributed by atoms with Gasteiger partial charge in [-0.1, -0.05) is 66.7 Å². The predicted molar refractivity (Wildman–Crippen MR) is 140 cm³/mol. The van der Waals surface area contributed by atoms with Crippen molar-refractivity contribution >= 4 is 18.1 Å². The number of hydrogen-bond donors (Lipinski definition) is 2. The molecular weight excluding hydrogens is 442 g/mol. The second-order valence-corrected chi connectivity index (χ2v) is 10.2. The summed E-state index contributed by atoms with van der Waals surface area (Å²) in [6.07, 6.45) is 0.722. The lowest BCUT2D eigenvalue weighted by Gasteiger charge is -2.33. The van der Waals surface area contributed by atoms with Crippen LogP contribution in [-0.4, -0.2) is 35.9 Å². The van der Waals surface area contributed by atoms with E-state index in [-0.39, 0.29) is 12.5 Å². The summed E-state index contributed by atoms with van der Waals surface area (Å²) in [4.78, 5) is 29.7. The number of hydrogen-bond acceptors (Lipinski definition) is 5. The Hall–Kier alpha value is -3.61. The zero-order valence-electron chi connectivity index (χ0n) is 22.4. The third-order valence-corrected chi connectivity index (χ3v) is 4.86. The highest BCUT2D eigenvalue weighted by molar-refractivity contribution is 6.01. The molecule has 2 amide bonds. The van der Waals surface area contributed by atoms with Gasteiger partial charge in [0, 0.05) is 5.41 Å². The minimum atomic E-state index is -0.756. The Balaban J connectivity index is 2.53. The maximum absolute atomic E-state index is 12.5. The third kappa shape index (κ3) is 8.92. The van der Waals surface area contributed by atoms with E-state index in [1.54, 1.807) is 47.6 Å². The monoisotopic (exact) mass is 480 g/mol. The number of alkyl carbamates (subject to hydrolysis) is 2. The van der Waals surface area contributed by atoms with Gasteiger partial charge >= 0.3 is 12.2 Å². The Labute approximate surface area is 210 Å². The fourth-order valence-corrected chi connectivity index (χ4v) is 3.49. The van der Waals surface area contributed by atoms with Crippen LogP contribution in [0.3, 0.4) is 0 Å². The highest BCUT2D eigenvalue weighted by Crippen LogP contribution is 2.36. The fraction of sp³-hybridized carbons (Fsp3) is 0.393. The lowest BCUT2D eigenvalue weighted by Crippen LogP contribution is -2.48. The van der Waals surface area contributed by atoms with Crippen LogP contribution in [0.2, 0.25) is 0 Å². The average Bonchev–Trinajstić information content (AvgIpc) is 2.78. The minimum absolute atomic E-state index is 0.0930. The van der Waals surface area contributed by atoms with Crippen LogP contribution >= 0.6 is 0 Å². The Morgan fingerprint density at radius 2 is 1.29 bits per heavy atom. The van der Waals surface area contributed by atoms with Gasteiger partial charge in [-0.3, -0.25) is 15.6 Å². The molecule has 0 atom stereocenters. The van der Waals surface area contributed by atoms with E-state index in [1.165, 1.54) is 6.55 Å². The van der Waals surface area contributed by atoms with Crippen molar-refractivity contribution in [2.45, 2.75) is 64.6 Å². The lowest BCUT2D eigenvalue weighted by atomic mass is 9.72. The SMILES string of the molecule is [2H]C=CCC(CN=C(NC(=O)OC(C)(C)C)NC(=O)OC(C)(C)C)(c1ccccc1)c1ccccc1. The van der Waals surface area contributed by atoms with Gasteiger partial charge in [-0.05, 0) is 59.1 Å². The first-order valence-electron chi connectivity index (χ1n) is 12.1. The van der Waals surface area contributed by atoms with Crippen molar-refractivity contribution in [3.05, 3.63) is 84.4 Å². The summed E-state index contributed by atoms with van der Waals surface area (Å²) in [6.45, 7) is 11.9. The number of rotatable bonds is 6. The van der Waals surface area contributed by atoms with Crippen LogP contribution in [-0.2, 0) is 14.9 Å². The summed E-state index contributed by atoms with van der Waals surface area (Å²) < 4.78 is 18.3. The minimum Gasteiger partial charge on any atom is -0.444 e. The van der Waals surface area contributed by atoms with E-state index in [9.17, 15) is 9.59 Å². The van der Waals surface area contributed by atoms with Gasteiger partial charge in [0.15, 0.2) is 0 Å². The fourth-order valence-electron chi connectivity index (χ4n) is 3.49. The highest BCUT2D eigenvalue weighted by Gasteiger charge is 2.33. The molecule has 0 heterocycles. The molecule has 2 aromatic carbocycles. The summed E-state index contributed by atoms with van der Waals surface area (Å²) in [5.41, 5.74) is -0.189. The van der Waals surface area contributed by atoms with Crippen LogP contribution in [0, 0.1) is 0 Å². The van der Waals surface area contributed by atoms with Crippen molar-refractivity contribution in [1.29, 1.82) is 0 Å². The maximum atomic E-state index is 12.5. The molecule has 0 bridgehead atoms. The van der Waals surface area contributed by atoms with E-state index in [1.807, 2.05) is 60.7 Å². The van der Waals surface area contributed by atoms with Crippen molar-refractivity contribution in [2.24, 2.45) is 4.99 Å². The molecule has 7 nitrogen and oxygen atoms in total. The molecule has 0 saturated carbocycles. The molecule has 188 valence electrons. The van der Waals surface area contributed by atoms with Gasteiger partial charge in [0.05, 0.1) is 7.92 Å². The number of carbonyl (C=O) groups excluding carboxylic acids is 2. The largest absolute Gasteiger partial charge is 0.444 e. The van der Waals surface area contributed by atoms with Gasteiger partial charge in [0.25, 0.3) is 0 Å². The van der Waals surface area contributed by atoms with Crippen LogP contribution in [0.15, 0.2) is 78.3 Å². The zero-order chi connectivity index (χ0) is 26.8. The number of nitrogens with one attached hydrogen (secondary N) is 2. The molecule has 0 aliphatic heterocycles. The molecule has 35 heavy (non-hydrogen) atoms. The molecule has 0 aliphatic rings. The number of aliphatic imine (C=N–C) groups is 1. The summed E-state index contributed by atoms with van der Waals surface area (Å²) >= 11 is 0. The maximum Gasteiger partial charge on any atom is 0.414 e. The quantitative estimate of drug-likeness (QED) is 0.304. The normalized spacial score (nSPS) is 12.5. The zero-order valence-corrected chi connectivity index (χ0v) is 21.4. The standard InChI is InChI=1S/C28H37N3O4/c1-8-19-28(21-15-11-9-12-16-21,22-17-13-10-14-18-22)20-29-23(30-24(32)34-26(2,3)4)31-25(33)35-27(5,6)7/h8-18H,1,19-20H2,2-7H3,(H2,29,30,31,32,33)/i1D. The van der Waals surface area contributed by atoms with Gasteiger partial charge in [0.1, 0.15) is 11.2 Å². The molecular formula is C28H37N3O4. The summed E-state index contributed by atoms with van der Waals surface area (Å²) in [5.74, 6) is -0.0930. The number of nitrogens with zero attached hydrogens (tertiary/aromatic N) is 1. The lowest BCUT2D eigenvalue weighted by molar-refractivity contribution is 0.0545. The average molecular weight is 481 g/mol. The van der Waals surface area contributed by atoms with Crippen LogP contribution in [0.5, 0.6) is 0 Å². The molecule has 2 N–H and O–H groups in total. The van der Waals surface area contributed by atoms with Crippen LogP contribution in [0.4, 0.5) is 9.59 Å². The van der Waals surface area contributed by atoms with Crippen molar-refractivity contribution in [1.82, 2.24) is 10.6 Å². The molecule has 0 fully saturated rings. The summed E-state index contributed by atoms with van der Waals surface area (Å²) in [7, 11) is 0. The molecule has 0 unspecified atom stereocenters. The van der Waals surface area contributed by atoms with Crippen molar-refractivity contribution in [2.75, 3.05) is 6.54 Å². The topological polar surface area (TPSA) is 89.0 Å². The van der Waals surface area contributed by atoms with E-state index < -0.39 is 28.8 Å². The van der Waals surface area contributed by atoms with Crippen LogP contribution < -0.4 is 10.6 Å². The molecule has 7 heteroatoms. The molecule has 0 aliphatic carbocycles. The first-order chi connectivity index (χ1) is 16.8. The molecule has 0 radical (unpaired) electrons. The van der Waals surface area contributed by atoms with E-state index in [4.69, 9.17) is 10.8 Å². The Morgan fingerprint density at radius 3 is 1.66 bits per heavy atom. The van der Waals surface area contributed by atoms with E-state index in [2.05, 4.69) is 15.6 Å². The number of ether oxygens (including phenoxy) is 2. The number of carbonyl (C=O) groups is 2. The number of benzene rings is 2. The van der Waals surface area contributed by atoms with E-state index in [0.29, 0.717) is 6.42 Å². The smallest absolute Gasteiger partial charge is 0.414 e. The van der Waals surface area contributed by atoms with Crippen LogP contribution in [0.25, 0.3) is 0 Å². The molecule has 0 aromatic heterocycles. The Bertz CT molecular complexity index is 984. The second kappa shape index (κ2) is 11.7. The predicted octanol–water partition coefficient (Wildman–Crippen LogP) is 5.95. The second-order valence-electron chi connectivity index (χ2n) is 10.2. The van der Waals surface area contributed by atoms with Gasteiger partial charge < -0.3 is 9.47 Å². The summed E-state index contributed by atoms with van der Waals surface area (Å²) in [5, 5.41) is 5.09. The third-order valence-electron chi connectivity index (χ3n) is 4.86. The summed E-state index contributed by atoms with van der Waals surface area (Å²) in [6, 6.07) is 19.7. The van der Waals surface area contributed by atoms with Gasteiger partial charge in [-0.25, -0.2) is 9.59 Å². The number of guanidine groups is 1. The van der Waals surface area contributed by atoms with Gasteiger partial charge in [0.2, 0.25) is 5.96 Å². The van der Waals surface area contributed by atoms with Gasteiger partial charge in [-0.2, -0.15) is 0 Å². The Kier molecular flexibility index (Phi) is 8.68. The molecule has 2 rings (SSSR count). The number of amides is 2. The van der Waals surface area contributed by atoms with Crippen molar-refractivity contribution < 1.29 is 20.4 Å².